The first-order chi connectivity index (χ1) is 12.5. The first-order valence-electron chi connectivity index (χ1n) is 8.92. The third-order valence-corrected chi connectivity index (χ3v) is 5.62. The molecule has 0 unspecified atom stereocenters. The minimum Gasteiger partial charge on any atom is -0.302 e. The maximum atomic E-state index is 13.2. The molecule has 1 aromatic carbocycles. The fourth-order valence-electron chi connectivity index (χ4n) is 2.92. The van der Waals surface area contributed by atoms with Crippen molar-refractivity contribution in [3.05, 3.63) is 41.7 Å². The number of aromatic nitrogens is 3. The number of hydrogen-bond acceptors (Lipinski definition) is 5. The van der Waals surface area contributed by atoms with Crippen LogP contribution in [0.15, 0.2) is 30.5 Å². The quantitative estimate of drug-likeness (QED) is 0.639. The van der Waals surface area contributed by atoms with Crippen LogP contribution in [0.25, 0.3) is 10.2 Å². The number of carbonyl (C=O) groups excluding carboxylic acids is 1. The summed E-state index contributed by atoms with van der Waals surface area (Å²) in [6.45, 7) is 9.68. The normalized spacial score (nSPS) is 11.4. The lowest BCUT2D eigenvalue weighted by Gasteiger charge is -2.24. The number of rotatable bonds is 7. The first-order valence-corrected chi connectivity index (χ1v) is 9.74. The Bertz CT molecular complexity index is 896. The minimum atomic E-state index is -0.0621. The number of thiazole rings is 1. The highest BCUT2D eigenvalue weighted by molar-refractivity contribution is 7.22. The summed E-state index contributed by atoms with van der Waals surface area (Å²) in [5.41, 5.74) is 2.70. The molecule has 0 N–H and O–H groups in total. The monoisotopic (exact) mass is 371 g/mol. The predicted molar refractivity (Wildman–Crippen MR) is 107 cm³/mol. The Morgan fingerprint density at radius 2 is 1.96 bits per heavy atom. The van der Waals surface area contributed by atoms with Gasteiger partial charge in [0, 0.05) is 26.3 Å². The fourth-order valence-corrected chi connectivity index (χ4v) is 4.01. The van der Waals surface area contributed by atoms with Gasteiger partial charge >= 0.3 is 0 Å². The molecule has 3 rings (SSSR count). The van der Waals surface area contributed by atoms with Crippen molar-refractivity contribution in [2.45, 2.75) is 20.8 Å². The van der Waals surface area contributed by atoms with Crippen LogP contribution in [0.3, 0.4) is 0 Å². The van der Waals surface area contributed by atoms with E-state index in [2.05, 4.69) is 42.9 Å². The molecule has 0 saturated carbocycles. The van der Waals surface area contributed by atoms with E-state index in [1.807, 2.05) is 6.07 Å². The summed E-state index contributed by atoms with van der Waals surface area (Å²) in [5, 5.41) is 4.88. The number of nitrogens with zero attached hydrogens (tertiary/aromatic N) is 5. The van der Waals surface area contributed by atoms with Gasteiger partial charge in [0.05, 0.1) is 10.2 Å². The second-order valence-corrected chi connectivity index (χ2v) is 7.30. The zero-order valence-corrected chi connectivity index (χ0v) is 16.6. The molecular formula is C19H25N5OS. The van der Waals surface area contributed by atoms with Gasteiger partial charge in [-0.25, -0.2) is 4.98 Å². The third kappa shape index (κ3) is 3.78. The smallest absolute Gasteiger partial charge is 0.278 e. The highest BCUT2D eigenvalue weighted by atomic mass is 32.1. The van der Waals surface area contributed by atoms with E-state index in [1.165, 1.54) is 5.56 Å². The van der Waals surface area contributed by atoms with Gasteiger partial charge in [-0.2, -0.15) is 5.10 Å². The van der Waals surface area contributed by atoms with Crippen LogP contribution in [0.1, 0.15) is 29.9 Å². The Morgan fingerprint density at radius 3 is 2.62 bits per heavy atom. The van der Waals surface area contributed by atoms with E-state index in [0.717, 1.165) is 35.0 Å². The Labute approximate surface area is 158 Å². The van der Waals surface area contributed by atoms with E-state index >= 15 is 0 Å². The number of likely N-dealkylation sites (N-methyl/N-ethyl adjacent to an activating group) is 1. The van der Waals surface area contributed by atoms with Gasteiger partial charge in [0.2, 0.25) is 0 Å². The average molecular weight is 372 g/mol. The number of fused-ring (bicyclic) bond motifs is 1. The molecule has 0 atom stereocenters. The Kier molecular flexibility index (Phi) is 5.68. The second-order valence-electron chi connectivity index (χ2n) is 6.29. The van der Waals surface area contributed by atoms with Gasteiger partial charge in [-0.15, -0.1) is 0 Å². The Balaban J connectivity index is 1.95. The van der Waals surface area contributed by atoms with E-state index in [4.69, 9.17) is 4.98 Å². The van der Waals surface area contributed by atoms with Crippen LogP contribution in [0, 0.1) is 6.92 Å². The lowest BCUT2D eigenvalue weighted by atomic mass is 10.2. The maximum absolute atomic E-state index is 13.2. The van der Waals surface area contributed by atoms with E-state index in [0.29, 0.717) is 12.2 Å². The maximum Gasteiger partial charge on any atom is 0.278 e. The molecule has 0 radical (unpaired) electrons. The molecule has 6 nitrogen and oxygen atoms in total. The molecule has 7 heteroatoms. The van der Waals surface area contributed by atoms with Crippen molar-refractivity contribution in [2.75, 3.05) is 31.1 Å². The van der Waals surface area contributed by atoms with Crippen LogP contribution in [0.5, 0.6) is 0 Å². The highest BCUT2D eigenvalue weighted by Gasteiger charge is 2.23. The summed E-state index contributed by atoms with van der Waals surface area (Å²) in [4.78, 5) is 22.0. The molecule has 0 bridgehead atoms. The van der Waals surface area contributed by atoms with Gasteiger partial charge in [0.1, 0.15) is 5.69 Å². The van der Waals surface area contributed by atoms with Crippen molar-refractivity contribution in [3.8, 4) is 0 Å². The molecule has 26 heavy (non-hydrogen) atoms. The van der Waals surface area contributed by atoms with Crippen molar-refractivity contribution >= 4 is 32.6 Å². The number of anilines is 1. The molecule has 2 heterocycles. The molecule has 0 aliphatic rings. The first kappa shape index (κ1) is 18.5. The molecule has 0 spiro atoms. The molecule has 3 aromatic rings. The van der Waals surface area contributed by atoms with Crippen LogP contribution in [0.2, 0.25) is 0 Å². The number of hydrogen-bond donors (Lipinski definition) is 0. The fraction of sp³-hybridized carbons (Fsp3) is 0.421. The van der Waals surface area contributed by atoms with Crippen molar-refractivity contribution < 1.29 is 4.79 Å². The SMILES string of the molecule is CCN(CC)CCN(C(=O)c1ccnn1C)c1nc2ccc(C)cc2s1. The molecule has 0 saturated heterocycles. The summed E-state index contributed by atoms with van der Waals surface area (Å²) in [6.07, 6.45) is 1.65. The third-order valence-electron chi connectivity index (χ3n) is 4.58. The van der Waals surface area contributed by atoms with E-state index in [-0.39, 0.29) is 5.91 Å². The van der Waals surface area contributed by atoms with Crippen molar-refractivity contribution in [2.24, 2.45) is 7.05 Å². The Hall–Kier alpha value is -2.25. The zero-order chi connectivity index (χ0) is 18.7. The van der Waals surface area contributed by atoms with Crippen LogP contribution in [-0.4, -0.2) is 51.8 Å². The number of carbonyl (C=O) groups is 1. The van der Waals surface area contributed by atoms with Crippen LogP contribution in [0.4, 0.5) is 5.13 Å². The number of benzene rings is 1. The topological polar surface area (TPSA) is 54.3 Å². The number of amides is 1. The molecule has 1 amide bonds. The largest absolute Gasteiger partial charge is 0.302 e. The van der Waals surface area contributed by atoms with Crippen LogP contribution >= 0.6 is 11.3 Å². The number of aryl methyl sites for hydroxylation is 2. The molecule has 2 aromatic heterocycles. The van der Waals surface area contributed by atoms with Gasteiger partial charge < -0.3 is 4.90 Å². The zero-order valence-electron chi connectivity index (χ0n) is 15.8. The Morgan fingerprint density at radius 1 is 1.19 bits per heavy atom. The summed E-state index contributed by atoms with van der Waals surface area (Å²) in [7, 11) is 1.79. The lowest BCUT2D eigenvalue weighted by molar-refractivity contribution is 0.0974. The molecule has 138 valence electrons. The van der Waals surface area contributed by atoms with Gasteiger partial charge in [0.25, 0.3) is 5.91 Å². The lowest BCUT2D eigenvalue weighted by Crippen LogP contribution is -2.39. The summed E-state index contributed by atoms with van der Waals surface area (Å²) < 4.78 is 2.72. The second kappa shape index (κ2) is 7.97. The molecule has 0 aliphatic heterocycles. The standard InChI is InChI=1S/C19H25N5OS/c1-5-23(6-2)11-12-24(18(25)16-9-10-20-22(16)4)19-21-15-8-7-14(3)13-17(15)26-19/h7-10,13H,5-6,11-12H2,1-4H3. The summed E-state index contributed by atoms with van der Waals surface area (Å²) in [5.74, 6) is -0.0621. The highest BCUT2D eigenvalue weighted by Crippen LogP contribution is 2.30. The van der Waals surface area contributed by atoms with Crippen LogP contribution < -0.4 is 4.90 Å². The van der Waals surface area contributed by atoms with Crippen molar-refractivity contribution in [3.63, 3.8) is 0 Å². The van der Waals surface area contributed by atoms with Crippen molar-refractivity contribution in [1.82, 2.24) is 19.7 Å². The van der Waals surface area contributed by atoms with E-state index < -0.39 is 0 Å². The summed E-state index contributed by atoms with van der Waals surface area (Å²) in [6, 6.07) is 7.94. The van der Waals surface area contributed by atoms with Gasteiger partial charge in [-0.05, 0) is 43.8 Å². The summed E-state index contributed by atoms with van der Waals surface area (Å²) >= 11 is 1.56. The molecule has 0 fully saturated rings. The predicted octanol–water partition coefficient (Wildman–Crippen LogP) is 3.33. The van der Waals surface area contributed by atoms with Gasteiger partial charge in [-0.3, -0.25) is 14.4 Å². The van der Waals surface area contributed by atoms with E-state index in [9.17, 15) is 4.79 Å². The molecule has 0 aliphatic carbocycles. The van der Waals surface area contributed by atoms with Gasteiger partial charge in [-0.1, -0.05) is 31.3 Å². The van der Waals surface area contributed by atoms with E-state index in [1.54, 1.807) is 40.2 Å². The minimum absolute atomic E-state index is 0.0621. The molecular weight excluding hydrogens is 346 g/mol. The average Bonchev–Trinajstić information content (AvgIpc) is 3.23. The van der Waals surface area contributed by atoms with Gasteiger partial charge in [0.15, 0.2) is 5.13 Å². The van der Waals surface area contributed by atoms with Crippen molar-refractivity contribution in [1.29, 1.82) is 0 Å². The van der Waals surface area contributed by atoms with Crippen LogP contribution in [-0.2, 0) is 7.05 Å².